The van der Waals surface area contributed by atoms with E-state index in [0.29, 0.717) is 5.84 Å². The van der Waals surface area contributed by atoms with Gasteiger partial charge in [0.05, 0.1) is 20.3 Å². The molecular formula is C22H39N3O2. The molecule has 0 amide bonds. The molecular weight excluding hydrogens is 338 g/mol. The zero-order valence-corrected chi connectivity index (χ0v) is 18.0. The number of para-hydroxylation sites is 1. The Morgan fingerprint density at radius 3 is 2.33 bits per heavy atom. The topological polar surface area (TPSA) is 60.1 Å². The maximum atomic E-state index is 6.55. The molecule has 0 saturated heterocycles. The standard InChI is InChI=1S/C22H39N3O2/c1-6-9-11-17-25(16-8-3)20(22(23)24-15-10-7-2)18-13-12-14-19(26-4)21(18)27-5/h12-14,20H,6-11,15-17H2,1-5H3,(H2,23,24). The number of rotatable bonds is 14. The summed E-state index contributed by atoms with van der Waals surface area (Å²) in [6.45, 7) is 9.34. The second kappa shape index (κ2) is 13.4. The van der Waals surface area contributed by atoms with Gasteiger partial charge in [-0.2, -0.15) is 0 Å². The number of methoxy groups -OCH3 is 2. The molecule has 1 aromatic carbocycles. The Kier molecular flexibility index (Phi) is 11.6. The normalized spacial score (nSPS) is 13.0. The molecule has 1 rings (SSSR count). The van der Waals surface area contributed by atoms with Crippen molar-refractivity contribution in [2.24, 2.45) is 10.7 Å². The van der Waals surface area contributed by atoms with Crippen molar-refractivity contribution in [1.82, 2.24) is 4.90 Å². The van der Waals surface area contributed by atoms with Crippen LogP contribution in [0.3, 0.4) is 0 Å². The van der Waals surface area contributed by atoms with Crippen LogP contribution in [0.4, 0.5) is 0 Å². The Morgan fingerprint density at radius 2 is 1.74 bits per heavy atom. The lowest BCUT2D eigenvalue weighted by atomic mass is 10.0. The highest BCUT2D eigenvalue weighted by Gasteiger charge is 2.27. The number of aliphatic imine (C=N–C) groups is 1. The maximum absolute atomic E-state index is 6.55. The van der Waals surface area contributed by atoms with Gasteiger partial charge in [0.15, 0.2) is 11.5 Å². The second-order valence-electron chi connectivity index (χ2n) is 6.89. The second-order valence-corrected chi connectivity index (χ2v) is 6.89. The summed E-state index contributed by atoms with van der Waals surface area (Å²) in [4.78, 5) is 7.15. The van der Waals surface area contributed by atoms with Crippen molar-refractivity contribution in [3.8, 4) is 11.5 Å². The van der Waals surface area contributed by atoms with Crippen molar-refractivity contribution < 1.29 is 9.47 Å². The number of hydrogen-bond donors (Lipinski definition) is 1. The van der Waals surface area contributed by atoms with Crippen molar-refractivity contribution in [3.05, 3.63) is 23.8 Å². The van der Waals surface area contributed by atoms with Crippen molar-refractivity contribution in [3.63, 3.8) is 0 Å². The summed E-state index contributed by atoms with van der Waals surface area (Å²) < 4.78 is 11.2. The zero-order chi connectivity index (χ0) is 20.1. The van der Waals surface area contributed by atoms with Gasteiger partial charge in [0.25, 0.3) is 0 Å². The first-order valence-corrected chi connectivity index (χ1v) is 10.4. The molecule has 0 aliphatic heterocycles. The fourth-order valence-corrected chi connectivity index (χ4v) is 3.35. The van der Waals surface area contributed by atoms with Crippen molar-refractivity contribution in [1.29, 1.82) is 0 Å². The molecule has 0 aliphatic carbocycles. The minimum Gasteiger partial charge on any atom is -0.493 e. The number of unbranched alkanes of at least 4 members (excludes halogenated alkanes) is 3. The molecule has 27 heavy (non-hydrogen) atoms. The van der Waals surface area contributed by atoms with E-state index in [1.165, 1.54) is 12.8 Å². The van der Waals surface area contributed by atoms with E-state index in [9.17, 15) is 0 Å². The molecule has 1 unspecified atom stereocenters. The van der Waals surface area contributed by atoms with E-state index in [0.717, 1.165) is 62.4 Å². The van der Waals surface area contributed by atoms with Gasteiger partial charge in [-0.25, -0.2) is 0 Å². The molecule has 5 heteroatoms. The molecule has 0 bridgehead atoms. The molecule has 2 N–H and O–H groups in total. The van der Waals surface area contributed by atoms with E-state index < -0.39 is 0 Å². The zero-order valence-electron chi connectivity index (χ0n) is 18.0. The Bertz CT molecular complexity index is 560. The number of nitrogens with zero attached hydrogens (tertiary/aromatic N) is 2. The SMILES string of the molecule is CCCCCN(CCC)C(C(N)=NCCCC)c1cccc(OC)c1OC. The van der Waals surface area contributed by atoms with Crippen molar-refractivity contribution in [2.75, 3.05) is 33.9 Å². The van der Waals surface area contributed by atoms with E-state index in [2.05, 4.69) is 31.7 Å². The van der Waals surface area contributed by atoms with Gasteiger partial charge in [0, 0.05) is 12.1 Å². The average molecular weight is 378 g/mol. The van der Waals surface area contributed by atoms with Gasteiger partial charge >= 0.3 is 0 Å². The predicted octanol–water partition coefficient (Wildman–Crippen LogP) is 4.80. The molecule has 0 aliphatic rings. The first-order valence-electron chi connectivity index (χ1n) is 10.4. The fourth-order valence-electron chi connectivity index (χ4n) is 3.35. The molecule has 5 nitrogen and oxygen atoms in total. The van der Waals surface area contributed by atoms with Crippen LogP contribution in [0.2, 0.25) is 0 Å². The van der Waals surface area contributed by atoms with Crippen LogP contribution in [0.15, 0.2) is 23.2 Å². The maximum Gasteiger partial charge on any atom is 0.165 e. The summed E-state index contributed by atoms with van der Waals surface area (Å²) in [6, 6.07) is 5.91. The van der Waals surface area contributed by atoms with Gasteiger partial charge in [-0.3, -0.25) is 9.89 Å². The van der Waals surface area contributed by atoms with Crippen LogP contribution >= 0.6 is 0 Å². The van der Waals surface area contributed by atoms with Crippen LogP contribution < -0.4 is 15.2 Å². The molecule has 0 fully saturated rings. The number of ether oxygens (including phenoxy) is 2. The van der Waals surface area contributed by atoms with Crippen molar-refractivity contribution >= 4 is 5.84 Å². The van der Waals surface area contributed by atoms with Gasteiger partial charge in [0.2, 0.25) is 0 Å². The summed E-state index contributed by atoms with van der Waals surface area (Å²) in [6.07, 6.45) is 6.80. The predicted molar refractivity (Wildman–Crippen MR) is 115 cm³/mol. The number of benzene rings is 1. The molecule has 0 aromatic heterocycles. The van der Waals surface area contributed by atoms with Crippen LogP contribution in [-0.4, -0.2) is 44.6 Å². The van der Waals surface area contributed by atoms with E-state index in [1.807, 2.05) is 12.1 Å². The van der Waals surface area contributed by atoms with Gasteiger partial charge in [-0.1, -0.05) is 52.2 Å². The molecule has 0 heterocycles. The average Bonchev–Trinajstić information content (AvgIpc) is 2.68. The van der Waals surface area contributed by atoms with E-state index >= 15 is 0 Å². The first-order chi connectivity index (χ1) is 13.1. The molecule has 0 radical (unpaired) electrons. The molecule has 1 aromatic rings. The summed E-state index contributed by atoms with van der Waals surface area (Å²) in [5.74, 6) is 2.14. The number of amidine groups is 1. The van der Waals surface area contributed by atoms with Gasteiger partial charge in [-0.15, -0.1) is 0 Å². The Morgan fingerprint density at radius 1 is 1.00 bits per heavy atom. The lowest BCUT2D eigenvalue weighted by Crippen LogP contribution is -2.39. The third kappa shape index (κ3) is 7.06. The molecule has 1 atom stereocenters. The largest absolute Gasteiger partial charge is 0.493 e. The quantitative estimate of drug-likeness (QED) is 0.287. The minimum atomic E-state index is -0.0938. The molecule has 154 valence electrons. The third-order valence-electron chi connectivity index (χ3n) is 4.74. The number of hydrogen-bond acceptors (Lipinski definition) is 4. The van der Waals surface area contributed by atoms with Crippen LogP contribution in [0, 0.1) is 0 Å². The van der Waals surface area contributed by atoms with Crippen LogP contribution in [0.5, 0.6) is 11.5 Å². The van der Waals surface area contributed by atoms with Crippen LogP contribution in [0.25, 0.3) is 0 Å². The smallest absolute Gasteiger partial charge is 0.165 e. The van der Waals surface area contributed by atoms with Crippen molar-refractivity contribution in [2.45, 2.75) is 65.3 Å². The monoisotopic (exact) mass is 377 g/mol. The number of nitrogens with two attached hydrogens (primary N) is 1. The highest BCUT2D eigenvalue weighted by atomic mass is 16.5. The highest BCUT2D eigenvalue weighted by Crippen LogP contribution is 2.37. The molecule has 0 saturated carbocycles. The van der Waals surface area contributed by atoms with E-state index in [-0.39, 0.29) is 6.04 Å². The minimum absolute atomic E-state index is 0.0938. The summed E-state index contributed by atoms with van der Waals surface area (Å²) in [5.41, 5.74) is 7.58. The van der Waals surface area contributed by atoms with E-state index in [4.69, 9.17) is 20.2 Å². The summed E-state index contributed by atoms with van der Waals surface area (Å²) in [7, 11) is 3.35. The lowest BCUT2D eigenvalue weighted by Gasteiger charge is -2.32. The molecule has 0 spiro atoms. The first kappa shape index (κ1) is 23.3. The summed E-state index contributed by atoms with van der Waals surface area (Å²) in [5, 5.41) is 0. The highest BCUT2D eigenvalue weighted by molar-refractivity contribution is 5.88. The lowest BCUT2D eigenvalue weighted by molar-refractivity contribution is 0.232. The Balaban J connectivity index is 3.33. The van der Waals surface area contributed by atoms with Crippen LogP contribution in [0.1, 0.15) is 70.9 Å². The van der Waals surface area contributed by atoms with Gasteiger partial charge in [-0.05, 0) is 38.4 Å². The van der Waals surface area contributed by atoms with Gasteiger partial charge in [0.1, 0.15) is 5.84 Å². The summed E-state index contributed by atoms with van der Waals surface area (Å²) >= 11 is 0. The van der Waals surface area contributed by atoms with Crippen LogP contribution in [-0.2, 0) is 0 Å². The van der Waals surface area contributed by atoms with Gasteiger partial charge < -0.3 is 15.2 Å². The Labute approximate surface area is 165 Å². The fraction of sp³-hybridized carbons (Fsp3) is 0.682. The Hall–Kier alpha value is -1.75. The van der Waals surface area contributed by atoms with E-state index in [1.54, 1.807) is 14.2 Å². The third-order valence-corrected chi connectivity index (χ3v) is 4.74.